The molecule has 0 saturated carbocycles. The van der Waals surface area contributed by atoms with Crippen molar-refractivity contribution in [2.45, 2.75) is 45.6 Å². The monoisotopic (exact) mass is 250 g/mol. The smallest absolute Gasteiger partial charge is 0.118 e. The first-order valence-electron chi connectivity index (χ1n) is 6.84. The minimum Gasteiger partial charge on any atom is -0.497 e. The Balaban J connectivity index is 2.51. The Morgan fingerprint density at radius 2 is 1.78 bits per heavy atom. The van der Waals surface area contributed by atoms with Gasteiger partial charge >= 0.3 is 0 Å². The van der Waals surface area contributed by atoms with Crippen LogP contribution in [0.5, 0.6) is 5.75 Å². The first kappa shape index (κ1) is 15.0. The molecule has 0 bridgehead atoms. The van der Waals surface area contributed by atoms with E-state index in [0.29, 0.717) is 12.0 Å². The van der Waals surface area contributed by atoms with Crippen molar-refractivity contribution >= 4 is 0 Å². The van der Waals surface area contributed by atoms with Gasteiger partial charge in [-0.25, -0.2) is 0 Å². The predicted octanol–water partition coefficient (Wildman–Crippen LogP) is 2.90. The Kier molecular flexibility index (Phi) is 6.76. The van der Waals surface area contributed by atoms with Crippen LogP contribution in [0.25, 0.3) is 0 Å². The summed E-state index contributed by atoms with van der Waals surface area (Å²) in [6, 6.07) is 8.68. The molecule has 0 aliphatic carbocycles. The van der Waals surface area contributed by atoms with Crippen LogP contribution in [-0.2, 0) is 6.42 Å². The quantitative estimate of drug-likeness (QED) is 0.551. The molecule has 3 nitrogen and oxygen atoms in total. The number of nitrogens with one attached hydrogen (secondary N) is 1. The third-order valence-corrected chi connectivity index (χ3v) is 3.73. The number of benzene rings is 1. The molecule has 1 rings (SSSR count). The summed E-state index contributed by atoms with van der Waals surface area (Å²) in [5, 5.41) is 0. The molecule has 1 unspecified atom stereocenters. The van der Waals surface area contributed by atoms with E-state index >= 15 is 0 Å². The zero-order valence-corrected chi connectivity index (χ0v) is 11.8. The Morgan fingerprint density at radius 3 is 2.22 bits per heavy atom. The highest BCUT2D eigenvalue weighted by Crippen LogP contribution is 2.18. The molecule has 102 valence electrons. The number of hydrogen-bond acceptors (Lipinski definition) is 3. The van der Waals surface area contributed by atoms with E-state index in [4.69, 9.17) is 10.6 Å². The first-order chi connectivity index (χ1) is 8.74. The van der Waals surface area contributed by atoms with Crippen LogP contribution in [0.1, 0.15) is 38.7 Å². The van der Waals surface area contributed by atoms with Crippen LogP contribution in [0.15, 0.2) is 24.3 Å². The van der Waals surface area contributed by atoms with Crippen molar-refractivity contribution in [2.75, 3.05) is 7.11 Å². The van der Waals surface area contributed by atoms with E-state index in [2.05, 4.69) is 31.4 Å². The molecule has 1 aromatic carbocycles. The molecule has 0 amide bonds. The highest BCUT2D eigenvalue weighted by atomic mass is 16.5. The Morgan fingerprint density at radius 1 is 1.17 bits per heavy atom. The van der Waals surface area contributed by atoms with E-state index in [-0.39, 0.29) is 0 Å². The average Bonchev–Trinajstić information content (AvgIpc) is 2.44. The van der Waals surface area contributed by atoms with Crippen molar-refractivity contribution < 1.29 is 4.74 Å². The van der Waals surface area contributed by atoms with Crippen molar-refractivity contribution in [3.63, 3.8) is 0 Å². The van der Waals surface area contributed by atoms with Crippen molar-refractivity contribution in [2.24, 2.45) is 11.8 Å². The van der Waals surface area contributed by atoms with Crippen LogP contribution in [0, 0.1) is 5.92 Å². The predicted molar refractivity (Wildman–Crippen MR) is 76.5 cm³/mol. The van der Waals surface area contributed by atoms with Crippen molar-refractivity contribution in [1.82, 2.24) is 5.43 Å². The van der Waals surface area contributed by atoms with Crippen molar-refractivity contribution in [3.8, 4) is 5.75 Å². The summed E-state index contributed by atoms with van der Waals surface area (Å²) in [4.78, 5) is 0. The molecule has 1 aromatic rings. The number of rotatable bonds is 8. The van der Waals surface area contributed by atoms with Crippen LogP contribution in [-0.4, -0.2) is 13.2 Å². The molecule has 0 aliphatic heterocycles. The highest BCUT2D eigenvalue weighted by Gasteiger charge is 2.16. The molecule has 0 spiro atoms. The topological polar surface area (TPSA) is 47.3 Å². The van der Waals surface area contributed by atoms with Gasteiger partial charge < -0.3 is 4.74 Å². The molecule has 3 heteroatoms. The van der Waals surface area contributed by atoms with Crippen LogP contribution in [0.4, 0.5) is 0 Å². The lowest BCUT2D eigenvalue weighted by molar-refractivity contribution is 0.321. The third kappa shape index (κ3) is 4.31. The van der Waals surface area contributed by atoms with Crippen LogP contribution in [0.2, 0.25) is 0 Å². The molecular formula is C15H26N2O. The molecule has 0 fully saturated rings. The largest absolute Gasteiger partial charge is 0.497 e. The number of nitrogens with two attached hydrogens (primary N) is 1. The SMILES string of the molecule is CCC(CC)C(CCc1ccc(OC)cc1)NN. The van der Waals surface area contributed by atoms with E-state index in [1.54, 1.807) is 7.11 Å². The highest BCUT2D eigenvalue weighted by molar-refractivity contribution is 5.27. The van der Waals surface area contributed by atoms with Gasteiger partial charge in [0.05, 0.1) is 7.11 Å². The summed E-state index contributed by atoms with van der Waals surface area (Å²) in [6.45, 7) is 4.46. The molecule has 0 radical (unpaired) electrons. The Bertz CT molecular complexity index is 320. The van der Waals surface area contributed by atoms with Gasteiger partial charge in [-0.15, -0.1) is 0 Å². The van der Waals surface area contributed by atoms with Gasteiger partial charge in [-0.05, 0) is 36.5 Å². The minimum absolute atomic E-state index is 0.405. The average molecular weight is 250 g/mol. The number of hydrazine groups is 1. The van der Waals surface area contributed by atoms with Gasteiger partial charge in [0, 0.05) is 6.04 Å². The molecule has 0 aliphatic rings. The molecule has 3 N–H and O–H groups in total. The number of hydrogen-bond donors (Lipinski definition) is 2. The lowest BCUT2D eigenvalue weighted by atomic mass is 9.90. The normalized spacial score (nSPS) is 12.7. The second kappa shape index (κ2) is 8.11. The summed E-state index contributed by atoms with van der Waals surface area (Å²) in [5.74, 6) is 7.23. The summed E-state index contributed by atoms with van der Waals surface area (Å²) >= 11 is 0. The van der Waals surface area contributed by atoms with Gasteiger partial charge in [0.15, 0.2) is 0 Å². The maximum atomic E-state index is 5.66. The van der Waals surface area contributed by atoms with Gasteiger partial charge in [0.25, 0.3) is 0 Å². The molecular weight excluding hydrogens is 224 g/mol. The van der Waals surface area contributed by atoms with Crippen LogP contribution in [0.3, 0.4) is 0 Å². The fourth-order valence-electron chi connectivity index (χ4n) is 2.43. The second-order valence-corrected chi connectivity index (χ2v) is 4.74. The van der Waals surface area contributed by atoms with E-state index in [1.807, 2.05) is 12.1 Å². The fourth-order valence-corrected chi connectivity index (χ4v) is 2.43. The molecule has 0 saturated heterocycles. The molecule has 1 atom stereocenters. The van der Waals surface area contributed by atoms with E-state index in [0.717, 1.165) is 18.6 Å². The third-order valence-electron chi connectivity index (χ3n) is 3.73. The molecule has 18 heavy (non-hydrogen) atoms. The van der Waals surface area contributed by atoms with Crippen LogP contribution >= 0.6 is 0 Å². The van der Waals surface area contributed by atoms with Gasteiger partial charge in [-0.3, -0.25) is 11.3 Å². The summed E-state index contributed by atoms with van der Waals surface area (Å²) in [5.41, 5.74) is 4.31. The number of methoxy groups -OCH3 is 1. The zero-order valence-electron chi connectivity index (χ0n) is 11.8. The van der Waals surface area contributed by atoms with E-state index in [9.17, 15) is 0 Å². The lowest BCUT2D eigenvalue weighted by Gasteiger charge is -2.24. The lowest BCUT2D eigenvalue weighted by Crippen LogP contribution is -2.40. The van der Waals surface area contributed by atoms with Gasteiger partial charge in [0.2, 0.25) is 0 Å². The maximum Gasteiger partial charge on any atom is 0.118 e. The fraction of sp³-hybridized carbons (Fsp3) is 0.600. The zero-order chi connectivity index (χ0) is 13.4. The first-order valence-corrected chi connectivity index (χ1v) is 6.84. The Hall–Kier alpha value is -1.06. The molecule has 0 aromatic heterocycles. The summed E-state index contributed by atoms with van der Waals surface area (Å²) in [6.07, 6.45) is 4.48. The van der Waals surface area contributed by atoms with Crippen molar-refractivity contribution in [3.05, 3.63) is 29.8 Å². The Labute approximate surface area is 111 Å². The van der Waals surface area contributed by atoms with Crippen molar-refractivity contribution in [1.29, 1.82) is 0 Å². The van der Waals surface area contributed by atoms with Gasteiger partial charge in [-0.1, -0.05) is 38.8 Å². The minimum atomic E-state index is 0.405. The molecule has 0 heterocycles. The standard InChI is InChI=1S/C15H26N2O/c1-4-13(5-2)15(17-16)11-8-12-6-9-14(18-3)10-7-12/h6-7,9-10,13,15,17H,4-5,8,11,16H2,1-3H3. The van der Waals surface area contributed by atoms with Gasteiger partial charge in [-0.2, -0.15) is 0 Å². The van der Waals surface area contributed by atoms with Gasteiger partial charge in [0.1, 0.15) is 5.75 Å². The summed E-state index contributed by atoms with van der Waals surface area (Å²) < 4.78 is 5.16. The number of ether oxygens (including phenoxy) is 1. The van der Waals surface area contributed by atoms with E-state index in [1.165, 1.54) is 18.4 Å². The summed E-state index contributed by atoms with van der Waals surface area (Å²) in [7, 11) is 1.69. The second-order valence-electron chi connectivity index (χ2n) is 4.74. The van der Waals surface area contributed by atoms with E-state index < -0.39 is 0 Å². The maximum absolute atomic E-state index is 5.66. The number of aryl methyl sites for hydroxylation is 1. The van der Waals surface area contributed by atoms with Crippen LogP contribution < -0.4 is 16.0 Å².